The van der Waals surface area contributed by atoms with Crippen molar-refractivity contribution in [3.8, 4) is 0 Å². The van der Waals surface area contributed by atoms with Crippen molar-refractivity contribution in [1.29, 1.82) is 0 Å². The Balaban J connectivity index is 1.72. The number of rotatable bonds is 6. The Hall–Kier alpha value is -2.04. The molecule has 5 nitrogen and oxygen atoms in total. The Bertz CT molecular complexity index is 536. The number of hydrogen-bond acceptors (Lipinski definition) is 4. The number of carbonyl (C=O) groups is 2. The van der Waals surface area contributed by atoms with Gasteiger partial charge in [0, 0.05) is 6.04 Å². The molecule has 0 radical (unpaired) electrons. The molecule has 1 aliphatic rings. The molecule has 24 heavy (non-hydrogen) atoms. The summed E-state index contributed by atoms with van der Waals surface area (Å²) in [5.41, 5.74) is 0.0339. The first-order valence-electron chi connectivity index (χ1n) is 8.64. The highest BCUT2D eigenvalue weighted by atomic mass is 16.6. The second-order valence-corrected chi connectivity index (χ2v) is 6.95. The molecule has 1 aliphatic carbocycles. The molecular weight excluding hydrogens is 306 g/mol. The summed E-state index contributed by atoms with van der Waals surface area (Å²) < 4.78 is 10.7. The molecule has 0 heterocycles. The zero-order chi connectivity index (χ0) is 17.4. The van der Waals surface area contributed by atoms with Crippen LogP contribution in [0.2, 0.25) is 0 Å². The van der Waals surface area contributed by atoms with Crippen LogP contribution in [0.1, 0.15) is 57.9 Å². The lowest BCUT2D eigenvalue weighted by Crippen LogP contribution is -2.41. The second kappa shape index (κ2) is 8.71. The van der Waals surface area contributed by atoms with Gasteiger partial charge >= 0.3 is 12.1 Å². The minimum Gasteiger partial charge on any atom is -0.461 e. The van der Waals surface area contributed by atoms with Crippen LogP contribution >= 0.6 is 0 Å². The summed E-state index contributed by atoms with van der Waals surface area (Å²) in [5, 5.41) is 2.89. The fourth-order valence-electron chi connectivity index (χ4n) is 2.87. The number of nitrogens with one attached hydrogen (secondary N) is 1. The van der Waals surface area contributed by atoms with E-state index in [0.29, 0.717) is 0 Å². The van der Waals surface area contributed by atoms with Gasteiger partial charge in [0.15, 0.2) is 0 Å². The van der Waals surface area contributed by atoms with Crippen molar-refractivity contribution in [2.45, 2.75) is 70.6 Å². The number of esters is 1. The van der Waals surface area contributed by atoms with Crippen molar-refractivity contribution >= 4 is 12.1 Å². The quantitative estimate of drug-likeness (QED) is 0.800. The van der Waals surface area contributed by atoms with Crippen LogP contribution in [-0.2, 0) is 20.9 Å². The zero-order valence-corrected chi connectivity index (χ0v) is 14.5. The van der Waals surface area contributed by atoms with Crippen molar-refractivity contribution in [1.82, 2.24) is 5.32 Å². The smallest absolute Gasteiger partial charge is 0.407 e. The Morgan fingerprint density at radius 2 is 1.79 bits per heavy atom. The lowest BCUT2D eigenvalue weighted by molar-refractivity contribution is -0.149. The second-order valence-electron chi connectivity index (χ2n) is 6.95. The molecule has 0 spiro atoms. The molecule has 5 heteroatoms. The van der Waals surface area contributed by atoms with Crippen LogP contribution < -0.4 is 5.32 Å². The van der Waals surface area contributed by atoms with Gasteiger partial charge in [0.05, 0.1) is 6.42 Å². The molecule has 1 amide bonds. The number of benzene rings is 1. The highest BCUT2D eigenvalue weighted by Gasteiger charge is 2.28. The standard InChI is InChI=1S/C19H27NO4/c1-19(2,24-18(22)20-16-11-7-4-8-12-16)13-17(21)23-14-15-9-5-3-6-10-15/h3,5-6,9-10,16H,4,7-8,11-14H2,1-2H3,(H,20,22). The largest absolute Gasteiger partial charge is 0.461 e. The Morgan fingerprint density at radius 1 is 1.12 bits per heavy atom. The van der Waals surface area contributed by atoms with Crippen LogP contribution in [0.5, 0.6) is 0 Å². The van der Waals surface area contributed by atoms with Gasteiger partial charge in [0.1, 0.15) is 12.2 Å². The normalized spacial score (nSPS) is 15.6. The highest BCUT2D eigenvalue weighted by Crippen LogP contribution is 2.20. The van der Waals surface area contributed by atoms with Crippen molar-refractivity contribution in [3.63, 3.8) is 0 Å². The number of ether oxygens (including phenoxy) is 2. The third-order valence-electron chi connectivity index (χ3n) is 4.11. The summed E-state index contributed by atoms with van der Waals surface area (Å²) in [4.78, 5) is 24.0. The molecule has 1 fully saturated rings. The number of carbonyl (C=O) groups excluding carboxylic acids is 2. The third-order valence-corrected chi connectivity index (χ3v) is 4.11. The van der Waals surface area contributed by atoms with Gasteiger partial charge in [-0.25, -0.2) is 4.79 Å². The molecule has 0 saturated heterocycles. The van der Waals surface area contributed by atoms with Crippen molar-refractivity contribution in [3.05, 3.63) is 35.9 Å². The predicted octanol–water partition coefficient (Wildman–Crippen LogP) is 3.96. The van der Waals surface area contributed by atoms with Crippen molar-refractivity contribution in [2.75, 3.05) is 0 Å². The maximum absolute atomic E-state index is 12.0. The van der Waals surface area contributed by atoms with Crippen LogP contribution in [0.3, 0.4) is 0 Å². The summed E-state index contributed by atoms with van der Waals surface area (Å²) >= 11 is 0. The van der Waals surface area contributed by atoms with Gasteiger partial charge in [0.2, 0.25) is 0 Å². The van der Waals surface area contributed by atoms with E-state index in [2.05, 4.69) is 5.32 Å². The van der Waals surface area contributed by atoms with E-state index in [4.69, 9.17) is 9.47 Å². The van der Waals surface area contributed by atoms with Crippen LogP contribution in [-0.4, -0.2) is 23.7 Å². The molecule has 0 atom stereocenters. The van der Waals surface area contributed by atoms with Gasteiger partial charge in [-0.3, -0.25) is 4.79 Å². The first-order valence-corrected chi connectivity index (χ1v) is 8.64. The van der Waals surface area contributed by atoms with E-state index in [1.165, 1.54) is 6.42 Å². The first kappa shape index (κ1) is 18.3. The molecule has 2 rings (SSSR count). The van der Waals surface area contributed by atoms with E-state index in [1.807, 2.05) is 30.3 Å². The van der Waals surface area contributed by atoms with E-state index in [-0.39, 0.29) is 25.0 Å². The molecule has 1 aromatic rings. The van der Waals surface area contributed by atoms with E-state index in [9.17, 15) is 9.59 Å². The van der Waals surface area contributed by atoms with Crippen LogP contribution in [0.15, 0.2) is 30.3 Å². The predicted molar refractivity (Wildman–Crippen MR) is 91.4 cm³/mol. The molecule has 1 saturated carbocycles. The Kier molecular flexibility index (Phi) is 6.64. The molecule has 132 valence electrons. The SMILES string of the molecule is CC(C)(CC(=O)OCc1ccccc1)OC(=O)NC1CCCCC1. The van der Waals surface area contributed by atoms with Crippen molar-refractivity contribution < 1.29 is 19.1 Å². The molecule has 0 aliphatic heterocycles. The summed E-state index contributed by atoms with van der Waals surface area (Å²) in [6.45, 7) is 3.67. The van der Waals surface area contributed by atoms with E-state index < -0.39 is 11.7 Å². The molecule has 0 bridgehead atoms. The Labute approximate surface area is 143 Å². The van der Waals surface area contributed by atoms with Crippen LogP contribution in [0.4, 0.5) is 4.79 Å². The topological polar surface area (TPSA) is 64.6 Å². The number of hydrogen-bond donors (Lipinski definition) is 1. The highest BCUT2D eigenvalue weighted by molar-refractivity contribution is 5.72. The first-order chi connectivity index (χ1) is 11.4. The Morgan fingerprint density at radius 3 is 2.46 bits per heavy atom. The molecule has 1 aromatic carbocycles. The summed E-state index contributed by atoms with van der Waals surface area (Å²) in [6.07, 6.45) is 5.07. The fraction of sp³-hybridized carbons (Fsp3) is 0.579. The van der Waals surface area contributed by atoms with E-state index in [1.54, 1.807) is 13.8 Å². The van der Waals surface area contributed by atoms with Gasteiger partial charge in [-0.15, -0.1) is 0 Å². The lowest BCUT2D eigenvalue weighted by atomic mass is 9.96. The summed E-state index contributed by atoms with van der Waals surface area (Å²) in [7, 11) is 0. The lowest BCUT2D eigenvalue weighted by Gasteiger charge is -2.27. The average Bonchev–Trinajstić information content (AvgIpc) is 2.53. The van der Waals surface area contributed by atoms with Gasteiger partial charge < -0.3 is 14.8 Å². The van der Waals surface area contributed by atoms with Crippen molar-refractivity contribution in [2.24, 2.45) is 0 Å². The zero-order valence-electron chi connectivity index (χ0n) is 14.5. The van der Waals surface area contributed by atoms with E-state index >= 15 is 0 Å². The molecule has 0 unspecified atom stereocenters. The van der Waals surface area contributed by atoms with Gasteiger partial charge in [-0.1, -0.05) is 49.6 Å². The number of alkyl carbamates (subject to hydrolysis) is 1. The molecular formula is C19H27NO4. The maximum atomic E-state index is 12.0. The van der Waals surface area contributed by atoms with Gasteiger partial charge in [-0.2, -0.15) is 0 Å². The fourth-order valence-corrected chi connectivity index (χ4v) is 2.87. The van der Waals surface area contributed by atoms with Gasteiger partial charge in [-0.05, 0) is 32.3 Å². The summed E-state index contributed by atoms with van der Waals surface area (Å²) in [6, 6.07) is 9.68. The average molecular weight is 333 g/mol. The third kappa shape index (κ3) is 6.60. The minimum absolute atomic E-state index is 0.0257. The maximum Gasteiger partial charge on any atom is 0.407 e. The van der Waals surface area contributed by atoms with E-state index in [0.717, 1.165) is 31.2 Å². The molecule has 0 aromatic heterocycles. The minimum atomic E-state index is -0.896. The molecule has 1 N–H and O–H groups in total. The summed E-state index contributed by atoms with van der Waals surface area (Å²) in [5.74, 6) is -0.380. The van der Waals surface area contributed by atoms with Gasteiger partial charge in [0.25, 0.3) is 0 Å². The number of amides is 1. The van der Waals surface area contributed by atoms with Crippen LogP contribution in [0, 0.1) is 0 Å². The van der Waals surface area contributed by atoms with Crippen LogP contribution in [0.25, 0.3) is 0 Å². The monoisotopic (exact) mass is 333 g/mol.